The lowest BCUT2D eigenvalue weighted by molar-refractivity contribution is -0.124. The molecule has 1 saturated heterocycles. The van der Waals surface area contributed by atoms with Crippen LogP contribution in [0.2, 0.25) is 0 Å². The summed E-state index contributed by atoms with van der Waals surface area (Å²) in [6, 6.07) is 2.12. The van der Waals surface area contributed by atoms with Gasteiger partial charge in [-0.05, 0) is 37.6 Å². The molecule has 2 aliphatic rings. The molecule has 4 heteroatoms. The number of rotatable bonds is 4. The van der Waals surface area contributed by atoms with Gasteiger partial charge in [0.05, 0.1) is 18.5 Å². The van der Waals surface area contributed by atoms with Crippen LogP contribution in [0.5, 0.6) is 0 Å². The van der Waals surface area contributed by atoms with E-state index >= 15 is 0 Å². The molecule has 1 aliphatic heterocycles. The summed E-state index contributed by atoms with van der Waals surface area (Å²) in [5.41, 5.74) is 0. The molecule has 2 N–H and O–H groups in total. The van der Waals surface area contributed by atoms with Gasteiger partial charge in [-0.1, -0.05) is 13.3 Å². The number of carbonyl (C=O) groups is 1. The fourth-order valence-corrected chi connectivity index (χ4v) is 3.17. The molecular weight excluding hydrogens is 214 g/mol. The van der Waals surface area contributed by atoms with Gasteiger partial charge in [0.2, 0.25) is 5.91 Å². The van der Waals surface area contributed by atoms with Crippen LogP contribution in [-0.2, 0) is 4.79 Å². The van der Waals surface area contributed by atoms with Crippen molar-refractivity contribution in [1.29, 1.82) is 5.26 Å². The molecule has 94 valence electrons. The average molecular weight is 235 g/mol. The van der Waals surface area contributed by atoms with Gasteiger partial charge in [-0.3, -0.25) is 4.79 Å². The van der Waals surface area contributed by atoms with E-state index in [1.807, 2.05) is 6.92 Å². The van der Waals surface area contributed by atoms with Gasteiger partial charge in [0.25, 0.3) is 0 Å². The van der Waals surface area contributed by atoms with E-state index < -0.39 is 0 Å². The second kappa shape index (κ2) is 5.50. The number of amides is 1. The summed E-state index contributed by atoms with van der Waals surface area (Å²) >= 11 is 0. The monoisotopic (exact) mass is 235 g/mol. The molecule has 1 heterocycles. The van der Waals surface area contributed by atoms with Crippen LogP contribution in [0.1, 0.15) is 39.0 Å². The van der Waals surface area contributed by atoms with Crippen LogP contribution >= 0.6 is 0 Å². The third-order valence-electron chi connectivity index (χ3n) is 4.21. The highest BCUT2D eigenvalue weighted by molar-refractivity contribution is 5.82. The Labute approximate surface area is 103 Å². The third-order valence-corrected chi connectivity index (χ3v) is 4.21. The van der Waals surface area contributed by atoms with Crippen molar-refractivity contribution in [2.24, 2.45) is 11.8 Å². The van der Waals surface area contributed by atoms with E-state index in [4.69, 9.17) is 5.26 Å². The Morgan fingerprint density at radius 2 is 2.41 bits per heavy atom. The number of hydrogen-bond acceptors (Lipinski definition) is 3. The lowest BCUT2D eigenvalue weighted by atomic mass is 9.93. The summed E-state index contributed by atoms with van der Waals surface area (Å²) in [6.07, 6.45) is 4.92. The highest BCUT2D eigenvalue weighted by Crippen LogP contribution is 2.37. The van der Waals surface area contributed by atoms with Crippen molar-refractivity contribution in [1.82, 2.24) is 10.6 Å². The summed E-state index contributed by atoms with van der Waals surface area (Å²) < 4.78 is 0. The Morgan fingerprint density at radius 1 is 1.59 bits per heavy atom. The molecule has 4 unspecified atom stereocenters. The summed E-state index contributed by atoms with van der Waals surface area (Å²) in [7, 11) is 0. The van der Waals surface area contributed by atoms with Gasteiger partial charge in [0, 0.05) is 6.04 Å². The SMILES string of the molecule is CCC(CC#N)NC(=O)C1NCC2CCCC21. The Morgan fingerprint density at radius 3 is 3.12 bits per heavy atom. The molecule has 1 amide bonds. The molecule has 0 bridgehead atoms. The zero-order valence-corrected chi connectivity index (χ0v) is 10.4. The van der Waals surface area contributed by atoms with Gasteiger partial charge in [-0.15, -0.1) is 0 Å². The molecule has 0 radical (unpaired) electrons. The van der Waals surface area contributed by atoms with Crippen molar-refractivity contribution in [2.75, 3.05) is 6.54 Å². The van der Waals surface area contributed by atoms with Gasteiger partial charge >= 0.3 is 0 Å². The molecule has 2 rings (SSSR count). The van der Waals surface area contributed by atoms with Crippen molar-refractivity contribution in [3.05, 3.63) is 0 Å². The molecule has 0 spiro atoms. The smallest absolute Gasteiger partial charge is 0.237 e. The number of carbonyl (C=O) groups excluding carboxylic acids is 1. The Kier molecular flexibility index (Phi) is 4.01. The Bertz CT molecular complexity index is 323. The lowest BCUT2D eigenvalue weighted by Gasteiger charge is -2.21. The van der Waals surface area contributed by atoms with Gasteiger partial charge in [0.15, 0.2) is 0 Å². The first-order valence-electron chi connectivity index (χ1n) is 6.67. The average Bonchev–Trinajstić information content (AvgIpc) is 2.89. The van der Waals surface area contributed by atoms with Gasteiger partial charge in [-0.2, -0.15) is 5.26 Å². The minimum atomic E-state index is -0.0183. The van der Waals surface area contributed by atoms with Gasteiger partial charge in [-0.25, -0.2) is 0 Å². The molecule has 0 aromatic carbocycles. The van der Waals surface area contributed by atoms with Crippen LogP contribution in [0.25, 0.3) is 0 Å². The second-order valence-electron chi connectivity index (χ2n) is 5.22. The first kappa shape index (κ1) is 12.4. The molecular formula is C13H21N3O. The molecule has 2 fully saturated rings. The summed E-state index contributed by atoms with van der Waals surface area (Å²) in [5.74, 6) is 1.32. The number of hydrogen-bond donors (Lipinski definition) is 2. The highest BCUT2D eigenvalue weighted by atomic mass is 16.2. The molecule has 4 atom stereocenters. The molecule has 0 aromatic rings. The van der Waals surface area contributed by atoms with E-state index in [1.165, 1.54) is 19.3 Å². The standard InChI is InChI=1S/C13H21N3O/c1-2-10(6-7-14)16-13(17)12-11-5-3-4-9(11)8-15-12/h9-12,15H,2-6,8H2,1H3,(H,16,17). The van der Waals surface area contributed by atoms with E-state index in [1.54, 1.807) is 0 Å². The van der Waals surface area contributed by atoms with E-state index in [0.29, 0.717) is 18.3 Å². The van der Waals surface area contributed by atoms with Crippen LogP contribution in [-0.4, -0.2) is 24.5 Å². The highest BCUT2D eigenvalue weighted by Gasteiger charge is 2.42. The fraction of sp³-hybridized carbons (Fsp3) is 0.846. The summed E-state index contributed by atoms with van der Waals surface area (Å²) in [4.78, 5) is 12.1. The topological polar surface area (TPSA) is 64.9 Å². The fourth-order valence-electron chi connectivity index (χ4n) is 3.17. The van der Waals surface area contributed by atoms with Gasteiger partial charge in [0.1, 0.15) is 0 Å². The van der Waals surface area contributed by atoms with Gasteiger partial charge < -0.3 is 10.6 Å². The maximum absolute atomic E-state index is 12.1. The van der Waals surface area contributed by atoms with Crippen molar-refractivity contribution < 1.29 is 4.79 Å². The first-order chi connectivity index (χ1) is 8.26. The minimum Gasteiger partial charge on any atom is -0.351 e. The third kappa shape index (κ3) is 2.61. The van der Waals surface area contributed by atoms with Crippen LogP contribution in [0.15, 0.2) is 0 Å². The Hall–Kier alpha value is -1.08. The maximum atomic E-state index is 12.1. The summed E-state index contributed by atoms with van der Waals surface area (Å²) in [5, 5.41) is 15.0. The van der Waals surface area contributed by atoms with E-state index in [9.17, 15) is 4.79 Å². The van der Waals surface area contributed by atoms with Crippen LogP contribution in [0, 0.1) is 23.2 Å². The number of nitrogens with one attached hydrogen (secondary N) is 2. The van der Waals surface area contributed by atoms with Crippen molar-refractivity contribution in [3.8, 4) is 6.07 Å². The minimum absolute atomic E-state index is 0.00903. The predicted octanol–water partition coefficient (Wildman–Crippen LogP) is 1.18. The molecule has 1 aliphatic carbocycles. The first-order valence-corrected chi connectivity index (χ1v) is 6.67. The molecule has 17 heavy (non-hydrogen) atoms. The summed E-state index contributed by atoms with van der Waals surface area (Å²) in [6.45, 7) is 2.99. The zero-order valence-electron chi connectivity index (χ0n) is 10.4. The van der Waals surface area contributed by atoms with Crippen molar-refractivity contribution in [2.45, 2.75) is 51.1 Å². The van der Waals surface area contributed by atoms with E-state index in [2.05, 4.69) is 16.7 Å². The van der Waals surface area contributed by atoms with Crippen LogP contribution < -0.4 is 10.6 Å². The predicted molar refractivity (Wildman–Crippen MR) is 65.1 cm³/mol. The van der Waals surface area contributed by atoms with Crippen LogP contribution in [0.4, 0.5) is 0 Å². The second-order valence-corrected chi connectivity index (χ2v) is 5.22. The zero-order chi connectivity index (χ0) is 12.3. The van der Waals surface area contributed by atoms with E-state index in [-0.39, 0.29) is 18.0 Å². The number of nitrogens with zero attached hydrogens (tertiary/aromatic N) is 1. The largest absolute Gasteiger partial charge is 0.351 e. The molecule has 1 saturated carbocycles. The Balaban J connectivity index is 1.89. The maximum Gasteiger partial charge on any atom is 0.237 e. The number of nitriles is 1. The van der Waals surface area contributed by atoms with Crippen molar-refractivity contribution in [3.63, 3.8) is 0 Å². The molecule has 4 nitrogen and oxygen atoms in total. The van der Waals surface area contributed by atoms with Crippen molar-refractivity contribution >= 4 is 5.91 Å². The van der Waals surface area contributed by atoms with E-state index in [0.717, 1.165) is 13.0 Å². The normalized spacial score (nSPS) is 32.8. The quantitative estimate of drug-likeness (QED) is 0.769. The lowest BCUT2D eigenvalue weighted by Crippen LogP contribution is -2.47. The number of fused-ring (bicyclic) bond motifs is 1. The van der Waals surface area contributed by atoms with Crippen LogP contribution in [0.3, 0.4) is 0 Å². The molecule has 0 aromatic heterocycles.